The molecule has 1 aromatic heterocycles. The summed E-state index contributed by atoms with van der Waals surface area (Å²) in [6.45, 7) is 0. The van der Waals surface area contributed by atoms with Crippen LogP contribution in [0.25, 0.3) is 0 Å². The minimum absolute atomic E-state index is 0.0806. The molecule has 116 valence electrons. The maximum absolute atomic E-state index is 11.2. The summed E-state index contributed by atoms with van der Waals surface area (Å²) in [5.41, 5.74) is 1.29. The standard InChI is InChI=1S/C14H18BrNO4S/c15-7-8-1-2-9-6-12(21-11(9)5-8)16-10(14(19)20)3-4-13(17)18/h6,8,10,16H,1-5,7H2,(H,17,18)(H,19,20)/t8?,10-/m0/s1. The minimum atomic E-state index is -1.01. The summed E-state index contributed by atoms with van der Waals surface area (Å²) in [6, 6.07) is 1.16. The third-order valence-electron chi connectivity index (χ3n) is 3.67. The quantitative estimate of drug-likeness (QED) is 0.637. The average Bonchev–Trinajstić information content (AvgIpc) is 2.84. The van der Waals surface area contributed by atoms with Gasteiger partial charge in [0, 0.05) is 16.6 Å². The van der Waals surface area contributed by atoms with Crippen LogP contribution in [0.2, 0.25) is 0 Å². The number of carboxylic acids is 2. The highest BCUT2D eigenvalue weighted by atomic mass is 79.9. The van der Waals surface area contributed by atoms with E-state index in [1.165, 1.54) is 10.4 Å². The molecule has 0 bridgehead atoms. The van der Waals surface area contributed by atoms with Crippen LogP contribution in [0.3, 0.4) is 0 Å². The number of anilines is 1. The molecule has 0 spiro atoms. The summed E-state index contributed by atoms with van der Waals surface area (Å²) in [7, 11) is 0. The van der Waals surface area contributed by atoms with E-state index in [1.807, 2.05) is 6.07 Å². The van der Waals surface area contributed by atoms with E-state index >= 15 is 0 Å². The number of nitrogens with one attached hydrogen (secondary N) is 1. The molecular weight excluding hydrogens is 358 g/mol. The second-order valence-electron chi connectivity index (χ2n) is 5.29. The lowest BCUT2D eigenvalue weighted by molar-refractivity contribution is -0.139. The second-order valence-corrected chi connectivity index (χ2v) is 7.07. The molecule has 0 aromatic carbocycles. The van der Waals surface area contributed by atoms with Crippen LogP contribution in [-0.4, -0.2) is 33.5 Å². The monoisotopic (exact) mass is 375 g/mol. The summed E-state index contributed by atoms with van der Waals surface area (Å²) in [6.07, 6.45) is 3.13. The van der Waals surface area contributed by atoms with E-state index in [-0.39, 0.29) is 12.8 Å². The van der Waals surface area contributed by atoms with Crippen LogP contribution in [0.4, 0.5) is 5.00 Å². The molecule has 1 aromatic rings. The molecule has 1 heterocycles. The van der Waals surface area contributed by atoms with Crippen molar-refractivity contribution in [1.82, 2.24) is 0 Å². The van der Waals surface area contributed by atoms with Gasteiger partial charge in [-0.25, -0.2) is 4.79 Å². The van der Waals surface area contributed by atoms with E-state index in [9.17, 15) is 14.7 Å². The molecule has 1 aliphatic carbocycles. The molecular formula is C14H18BrNO4S. The SMILES string of the molecule is O=C(O)CC[C@H](Nc1cc2c(s1)CC(CBr)CC2)C(=O)O. The molecule has 0 saturated carbocycles. The van der Waals surface area contributed by atoms with Crippen molar-refractivity contribution in [2.75, 3.05) is 10.6 Å². The molecule has 0 amide bonds. The largest absolute Gasteiger partial charge is 0.481 e. The highest BCUT2D eigenvalue weighted by molar-refractivity contribution is 9.09. The van der Waals surface area contributed by atoms with Gasteiger partial charge in [-0.05, 0) is 43.2 Å². The Hall–Kier alpha value is -1.08. The first kappa shape index (κ1) is 16.3. The highest BCUT2D eigenvalue weighted by Crippen LogP contribution is 2.36. The van der Waals surface area contributed by atoms with Gasteiger partial charge >= 0.3 is 11.9 Å². The summed E-state index contributed by atoms with van der Waals surface area (Å²) in [5, 5.41) is 22.6. The number of rotatable bonds is 7. The van der Waals surface area contributed by atoms with Gasteiger partial charge in [0.1, 0.15) is 6.04 Å². The van der Waals surface area contributed by atoms with Crippen molar-refractivity contribution in [3.63, 3.8) is 0 Å². The predicted molar refractivity (Wildman–Crippen MR) is 85.5 cm³/mol. The van der Waals surface area contributed by atoms with E-state index < -0.39 is 18.0 Å². The van der Waals surface area contributed by atoms with Gasteiger partial charge in [0.15, 0.2) is 0 Å². The summed E-state index contributed by atoms with van der Waals surface area (Å²) in [5.74, 6) is -1.35. The molecule has 0 saturated heterocycles. The van der Waals surface area contributed by atoms with Crippen molar-refractivity contribution in [1.29, 1.82) is 0 Å². The summed E-state index contributed by atoms with van der Waals surface area (Å²) in [4.78, 5) is 23.1. The van der Waals surface area contributed by atoms with Gasteiger partial charge in [0.25, 0.3) is 0 Å². The maximum atomic E-state index is 11.2. The van der Waals surface area contributed by atoms with E-state index in [2.05, 4.69) is 21.2 Å². The maximum Gasteiger partial charge on any atom is 0.326 e. The average molecular weight is 376 g/mol. The molecule has 1 aliphatic rings. The van der Waals surface area contributed by atoms with Crippen LogP contribution in [0, 0.1) is 5.92 Å². The minimum Gasteiger partial charge on any atom is -0.481 e. The first-order valence-corrected chi connectivity index (χ1v) is 8.82. The zero-order valence-electron chi connectivity index (χ0n) is 11.5. The topological polar surface area (TPSA) is 86.6 Å². The molecule has 0 aliphatic heterocycles. The third kappa shape index (κ3) is 4.44. The van der Waals surface area contributed by atoms with Gasteiger partial charge in [0.2, 0.25) is 0 Å². The molecule has 0 fully saturated rings. The van der Waals surface area contributed by atoms with Crippen molar-refractivity contribution in [2.45, 2.75) is 38.1 Å². The van der Waals surface area contributed by atoms with Crippen LogP contribution < -0.4 is 5.32 Å². The number of aryl methyl sites for hydroxylation is 1. The van der Waals surface area contributed by atoms with Crippen molar-refractivity contribution in [3.8, 4) is 0 Å². The molecule has 7 heteroatoms. The van der Waals surface area contributed by atoms with Crippen molar-refractivity contribution >= 4 is 44.2 Å². The Morgan fingerprint density at radius 1 is 1.48 bits per heavy atom. The Morgan fingerprint density at radius 2 is 2.24 bits per heavy atom. The van der Waals surface area contributed by atoms with E-state index in [0.717, 1.165) is 29.6 Å². The molecule has 2 atom stereocenters. The van der Waals surface area contributed by atoms with Gasteiger partial charge in [0.05, 0.1) is 5.00 Å². The van der Waals surface area contributed by atoms with Crippen molar-refractivity contribution in [2.24, 2.45) is 5.92 Å². The lowest BCUT2D eigenvalue weighted by Crippen LogP contribution is -2.29. The Kier molecular flexibility index (Phi) is 5.64. The lowest BCUT2D eigenvalue weighted by atomic mass is 9.90. The number of alkyl halides is 1. The van der Waals surface area contributed by atoms with Crippen LogP contribution in [0.15, 0.2) is 6.07 Å². The van der Waals surface area contributed by atoms with Gasteiger partial charge in [-0.1, -0.05) is 15.9 Å². The van der Waals surface area contributed by atoms with Crippen molar-refractivity contribution in [3.05, 3.63) is 16.5 Å². The van der Waals surface area contributed by atoms with E-state index in [1.54, 1.807) is 11.3 Å². The molecule has 0 radical (unpaired) electrons. The molecule has 2 rings (SSSR count). The number of hydrogen-bond acceptors (Lipinski definition) is 4. The van der Waals surface area contributed by atoms with Gasteiger partial charge < -0.3 is 15.5 Å². The number of carboxylic acid groups (broad SMARTS) is 2. The van der Waals surface area contributed by atoms with Crippen LogP contribution in [0.1, 0.15) is 29.7 Å². The van der Waals surface area contributed by atoms with Crippen LogP contribution in [0.5, 0.6) is 0 Å². The highest BCUT2D eigenvalue weighted by Gasteiger charge is 2.23. The zero-order valence-corrected chi connectivity index (χ0v) is 13.9. The van der Waals surface area contributed by atoms with Gasteiger partial charge in [-0.15, -0.1) is 11.3 Å². The Labute approximate surface area is 135 Å². The summed E-state index contributed by atoms with van der Waals surface area (Å²) < 4.78 is 0. The number of aliphatic carboxylic acids is 2. The van der Waals surface area contributed by atoms with Gasteiger partial charge in [-0.3, -0.25) is 4.79 Å². The fraction of sp³-hybridized carbons (Fsp3) is 0.571. The molecule has 3 N–H and O–H groups in total. The van der Waals surface area contributed by atoms with Gasteiger partial charge in [-0.2, -0.15) is 0 Å². The van der Waals surface area contributed by atoms with Crippen LogP contribution in [-0.2, 0) is 22.4 Å². The van der Waals surface area contributed by atoms with E-state index in [4.69, 9.17) is 5.11 Å². The Morgan fingerprint density at radius 3 is 2.86 bits per heavy atom. The molecule has 1 unspecified atom stereocenters. The molecule has 5 nitrogen and oxygen atoms in total. The Balaban J connectivity index is 2.03. The van der Waals surface area contributed by atoms with E-state index in [0.29, 0.717) is 5.92 Å². The number of thiophene rings is 1. The summed E-state index contributed by atoms with van der Waals surface area (Å²) >= 11 is 5.11. The lowest BCUT2D eigenvalue weighted by Gasteiger charge is -2.19. The first-order chi connectivity index (χ1) is 9.99. The number of fused-ring (bicyclic) bond motifs is 1. The second kappa shape index (κ2) is 7.26. The fourth-order valence-corrected chi connectivity index (χ4v) is 4.31. The third-order valence-corrected chi connectivity index (χ3v) is 5.72. The van der Waals surface area contributed by atoms with Crippen LogP contribution >= 0.6 is 27.3 Å². The molecule has 21 heavy (non-hydrogen) atoms. The zero-order chi connectivity index (χ0) is 15.4. The number of hydrogen-bond donors (Lipinski definition) is 3. The number of carbonyl (C=O) groups is 2. The fourth-order valence-electron chi connectivity index (χ4n) is 2.47. The smallest absolute Gasteiger partial charge is 0.326 e. The number of halogens is 1. The Bertz CT molecular complexity index is 531. The first-order valence-electron chi connectivity index (χ1n) is 6.88. The van der Waals surface area contributed by atoms with Crippen molar-refractivity contribution < 1.29 is 19.8 Å². The predicted octanol–water partition coefficient (Wildman–Crippen LogP) is 2.98. The normalized spacial score (nSPS) is 18.8.